The molecule has 2 aromatic rings. The van der Waals surface area contributed by atoms with Gasteiger partial charge in [-0.1, -0.05) is 29.8 Å². The minimum Gasteiger partial charge on any atom is -0.374 e. The van der Waals surface area contributed by atoms with Gasteiger partial charge in [0.15, 0.2) is 0 Å². The maximum absolute atomic E-state index is 12.0. The second-order valence-electron chi connectivity index (χ2n) is 6.30. The Morgan fingerprint density at radius 2 is 1.96 bits per heavy atom. The van der Waals surface area contributed by atoms with Crippen molar-refractivity contribution in [2.75, 3.05) is 43.9 Å². The molecule has 0 radical (unpaired) electrons. The van der Waals surface area contributed by atoms with E-state index in [0.717, 1.165) is 25.4 Å². The molecule has 1 unspecified atom stereocenters. The first-order valence-corrected chi connectivity index (χ1v) is 10.4. The molecule has 1 saturated heterocycles. The van der Waals surface area contributed by atoms with E-state index in [-0.39, 0.29) is 12.1 Å². The third-order valence-corrected chi connectivity index (χ3v) is 5.48. The largest absolute Gasteiger partial charge is 0.374 e. The first-order chi connectivity index (χ1) is 13.2. The number of hydrogen-bond acceptors (Lipinski definition) is 4. The van der Waals surface area contributed by atoms with Gasteiger partial charge in [0.25, 0.3) is 0 Å². The Morgan fingerprint density at radius 1 is 1.19 bits per heavy atom. The van der Waals surface area contributed by atoms with Gasteiger partial charge in [-0.15, -0.1) is 11.8 Å². The molecule has 2 N–H and O–H groups in total. The number of ether oxygens (including phenoxy) is 1. The van der Waals surface area contributed by atoms with Gasteiger partial charge in [0.2, 0.25) is 0 Å². The highest BCUT2D eigenvalue weighted by Gasteiger charge is 2.20. The van der Waals surface area contributed by atoms with Crippen LogP contribution in [-0.4, -0.2) is 55.6 Å². The zero-order chi connectivity index (χ0) is 18.9. The molecule has 7 heteroatoms. The highest BCUT2D eigenvalue weighted by Crippen LogP contribution is 2.17. The molecular formula is C20H24ClN3O2S. The van der Waals surface area contributed by atoms with Crippen LogP contribution in [-0.2, 0) is 4.74 Å². The van der Waals surface area contributed by atoms with E-state index in [1.807, 2.05) is 17.8 Å². The lowest BCUT2D eigenvalue weighted by Crippen LogP contribution is -2.48. The molecule has 144 valence electrons. The lowest BCUT2D eigenvalue weighted by Gasteiger charge is -2.32. The van der Waals surface area contributed by atoms with Gasteiger partial charge in [-0.2, -0.15) is 0 Å². The second-order valence-corrected chi connectivity index (χ2v) is 7.90. The Bertz CT molecular complexity index is 715. The molecule has 1 aliphatic heterocycles. The molecule has 2 aromatic carbocycles. The monoisotopic (exact) mass is 405 g/mol. The number of benzene rings is 2. The molecule has 0 spiro atoms. The summed E-state index contributed by atoms with van der Waals surface area (Å²) in [5.41, 5.74) is 0.709. The van der Waals surface area contributed by atoms with Crippen LogP contribution in [0.4, 0.5) is 10.5 Å². The molecule has 0 aromatic heterocycles. The minimum atomic E-state index is -0.238. The van der Waals surface area contributed by atoms with Crippen LogP contribution in [0.5, 0.6) is 0 Å². The second kappa shape index (κ2) is 10.6. The zero-order valence-electron chi connectivity index (χ0n) is 15.1. The number of nitrogens with one attached hydrogen (secondary N) is 2. The highest BCUT2D eigenvalue weighted by atomic mass is 35.5. The molecule has 5 nitrogen and oxygen atoms in total. The van der Waals surface area contributed by atoms with Crippen LogP contribution in [0, 0.1) is 0 Å². The number of morpholine rings is 1. The van der Waals surface area contributed by atoms with Gasteiger partial charge in [0.05, 0.1) is 12.7 Å². The summed E-state index contributed by atoms with van der Waals surface area (Å²) in [4.78, 5) is 15.7. The van der Waals surface area contributed by atoms with Crippen LogP contribution < -0.4 is 10.6 Å². The smallest absolute Gasteiger partial charge is 0.319 e. The molecule has 1 atom stereocenters. The quantitative estimate of drug-likeness (QED) is 0.685. The summed E-state index contributed by atoms with van der Waals surface area (Å²) in [5.74, 6) is 1.04. The maximum Gasteiger partial charge on any atom is 0.319 e. The first-order valence-electron chi connectivity index (χ1n) is 9.01. The Balaban J connectivity index is 1.35. The number of hydrogen-bond donors (Lipinski definition) is 2. The SMILES string of the molecule is O=C(NCC1CN(CCSc2ccccc2)CCO1)Nc1ccc(Cl)cc1. The van der Waals surface area contributed by atoms with Crippen molar-refractivity contribution in [1.29, 1.82) is 0 Å². The van der Waals surface area contributed by atoms with Crippen LogP contribution in [0.3, 0.4) is 0 Å². The van der Waals surface area contributed by atoms with E-state index in [1.54, 1.807) is 24.3 Å². The number of rotatable bonds is 7. The topological polar surface area (TPSA) is 53.6 Å². The summed E-state index contributed by atoms with van der Waals surface area (Å²) in [5, 5.41) is 6.31. The van der Waals surface area contributed by atoms with Crippen molar-refractivity contribution in [3.05, 3.63) is 59.6 Å². The van der Waals surface area contributed by atoms with Crippen molar-refractivity contribution < 1.29 is 9.53 Å². The fourth-order valence-electron chi connectivity index (χ4n) is 2.83. The van der Waals surface area contributed by atoms with Gasteiger partial charge in [-0.3, -0.25) is 4.90 Å². The number of urea groups is 1. The van der Waals surface area contributed by atoms with E-state index in [9.17, 15) is 4.79 Å². The number of amides is 2. The molecular weight excluding hydrogens is 382 g/mol. The van der Waals surface area contributed by atoms with Crippen molar-refractivity contribution in [3.8, 4) is 0 Å². The Morgan fingerprint density at radius 3 is 2.74 bits per heavy atom. The molecule has 27 heavy (non-hydrogen) atoms. The zero-order valence-corrected chi connectivity index (χ0v) is 16.6. The number of nitrogens with zero attached hydrogens (tertiary/aromatic N) is 1. The summed E-state index contributed by atoms with van der Waals surface area (Å²) >= 11 is 7.71. The van der Waals surface area contributed by atoms with Gasteiger partial charge in [0.1, 0.15) is 0 Å². The van der Waals surface area contributed by atoms with Crippen molar-refractivity contribution in [2.45, 2.75) is 11.0 Å². The van der Waals surface area contributed by atoms with Crippen LogP contribution in [0.2, 0.25) is 5.02 Å². The average molecular weight is 406 g/mol. The van der Waals surface area contributed by atoms with E-state index in [1.165, 1.54) is 4.90 Å². The predicted molar refractivity (Wildman–Crippen MR) is 112 cm³/mol. The number of halogens is 1. The van der Waals surface area contributed by atoms with Gasteiger partial charge in [0, 0.05) is 47.5 Å². The van der Waals surface area contributed by atoms with E-state index >= 15 is 0 Å². The van der Waals surface area contributed by atoms with Crippen molar-refractivity contribution in [1.82, 2.24) is 10.2 Å². The van der Waals surface area contributed by atoms with E-state index < -0.39 is 0 Å². The Kier molecular flexibility index (Phi) is 7.83. The average Bonchev–Trinajstić information content (AvgIpc) is 2.69. The highest BCUT2D eigenvalue weighted by molar-refractivity contribution is 7.99. The van der Waals surface area contributed by atoms with Gasteiger partial charge < -0.3 is 15.4 Å². The summed E-state index contributed by atoms with van der Waals surface area (Å²) in [6, 6.07) is 17.2. The number of anilines is 1. The first kappa shape index (κ1) is 20.0. The van der Waals surface area contributed by atoms with Crippen molar-refractivity contribution >= 4 is 35.1 Å². The number of thioether (sulfide) groups is 1. The van der Waals surface area contributed by atoms with Gasteiger partial charge in [-0.05, 0) is 36.4 Å². The van der Waals surface area contributed by atoms with E-state index in [4.69, 9.17) is 16.3 Å². The molecule has 1 fully saturated rings. The van der Waals surface area contributed by atoms with Gasteiger partial charge in [-0.25, -0.2) is 4.79 Å². The lowest BCUT2D eigenvalue weighted by atomic mass is 10.2. The fraction of sp³-hybridized carbons (Fsp3) is 0.350. The molecule has 1 aliphatic rings. The van der Waals surface area contributed by atoms with Crippen molar-refractivity contribution in [2.24, 2.45) is 0 Å². The van der Waals surface area contributed by atoms with Crippen LogP contribution in [0.1, 0.15) is 0 Å². The molecule has 2 amide bonds. The molecule has 1 heterocycles. The molecule has 0 bridgehead atoms. The van der Waals surface area contributed by atoms with Crippen LogP contribution >= 0.6 is 23.4 Å². The Hall–Kier alpha value is -1.73. The standard InChI is InChI=1S/C20H24ClN3O2S/c21-16-6-8-17(9-7-16)23-20(25)22-14-18-15-24(10-12-26-18)11-13-27-19-4-2-1-3-5-19/h1-9,18H,10-15H2,(H2,22,23,25). The van der Waals surface area contributed by atoms with Crippen molar-refractivity contribution in [3.63, 3.8) is 0 Å². The Labute approximate surface area is 169 Å². The van der Waals surface area contributed by atoms with Gasteiger partial charge >= 0.3 is 6.03 Å². The third kappa shape index (κ3) is 7.07. The molecule has 3 rings (SSSR count). The summed E-state index contributed by atoms with van der Waals surface area (Å²) < 4.78 is 5.78. The molecule has 0 saturated carbocycles. The maximum atomic E-state index is 12.0. The third-order valence-electron chi connectivity index (χ3n) is 4.23. The normalized spacial score (nSPS) is 17.4. The number of carbonyl (C=O) groups is 1. The predicted octanol–water partition coefficient (Wildman–Crippen LogP) is 3.95. The summed E-state index contributed by atoms with van der Waals surface area (Å²) in [6.07, 6.45) is 0.0106. The van der Waals surface area contributed by atoms with E-state index in [0.29, 0.717) is 23.9 Å². The fourth-order valence-corrected chi connectivity index (χ4v) is 3.89. The van der Waals surface area contributed by atoms with Crippen LogP contribution in [0.25, 0.3) is 0 Å². The summed E-state index contributed by atoms with van der Waals surface area (Å²) in [6.45, 7) is 3.96. The molecule has 0 aliphatic carbocycles. The van der Waals surface area contributed by atoms with Crippen LogP contribution in [0.15, 0.2) is 59.5 Å². The minimum absolute atomic E-state index is 0.0106. The number of carbonyl (C=O) groups excluding carboxylic acids is 1. The lowest BCUT2D eigenvalue weighted by molar-refractivity contribution is -0.0234. The van der Waals surface area contributed by atoms with E-state index in [2.05, 4.69) is 39.8 Å². The summed E-state index contributed by atoms with van der Waals surface area (Å²) in [7, 11) is 0.